The van der Waals surface area contributed by atoms with Crippen molar-refractivity contribution in [2.75, 3.05) is 6.26 Å². The summed E-state index contributed by atoms with van der Waals surface area (Å²) in [6, 6.07) is 12.3. The predicted molar refractivity (Wildman–Crippen MR) is 72.7 cm³/mol. The summed E-state index contributed by atoms with van der Waals surface area (Å²) in [6.45, 7) is 1.90. The molecule has 0 spiro atoms. The van der Waals surface area contributed by atoms with Crippen molar-refractivity contribution in [2.24, 2.45) is 0 Å². The van der Waals surface area contributed by atoms with Crippen molar-refractivity contribution in [1.82, 2.24) is 19.8 Å². The molecular weight excluding hydrogens is 244 g/mol. The van der Waals surface area contributed by atoms with Crippen molar-refractivity contribution >= 4 is 17.4 Å². The largest absolute Gasteiger partial charge is 0.197 e. The average molecular weight is 256 g/mol. The number of nitrogens with zero attached hydrogens (tertiary/aromatic N) is 4. The third-order valence-electron chi connectivity index (χ3n) is 2.78. The van der Waals surface area contributed by atoms with Crippen LogP contribution < -0.4 is 0 Å². The zero-order chi connectivity index (χ0) is 12.5. The first-order valence-electron chi connectivity index (χ1n) is 5.61. The fourth-order valence-corrected chi connectivity index (χ4v) is 2.29. The highest BCUT2D eigenvalue weighted by molar-refractivity contribution is 7.98. The van der Waals surface area contributed by atoms with E-state index in [4.69, 9.17) is 0 Å². The van der Waals surface area contributed by atoms with Crippen molar-refractivity contribution in [3.63, 3.8) is 0 Å². The van der Waals surface area contributed by atoms with Crippen molar-refractivity contribution in [1.29, 1.82) is 0 Å². The summed E-state index contributed by atoms with van der Waals surface area (Å²) < 4.78 is 1.76. The van der Waals surface area contributed by atoms with E-state index < -0.39 is 0 Å². The molecule has 0 N–H and O–H groups in total. The zero-order valence-corrected chi connectivity index (χ0v) is 11.0. The number of aryl methyl sites for hydroxylation is 1. The quantitative estimate of drug-likeness (QED) is 0.661. The van der Waals surface area contributed by atoms with Crippen molar-refractivity contribution in [3.05, 3.63) is 42.2 Å². The Morgan fingerprint density at radius 2 is 2.00 bits per heavy atom. The van der Waals surface area contributed by atoms with Crippen LogP contribution in [0.4, 0.5) is 0 Å². The number of hydrogen-bond donors (Lipinski definition) is 0. The van der Waals surface area contributed by atoms with Crippen LogP contribution in [0.2, 0.25) is 0 Å². The van der Waals surface area contributed by atoms with E-state index in [0.717, 1.165) is 22.7 Å². The Kier molecular flexibility index (Phi) is 2.76. The van der Waals surface area contributed by atoms with E-state index in [1.54, 1.807) is 16.3 Å². The lowest BCUT2D eigenvalue weighted by molar-refractivity contribution is 0.879. The molecule has 3 rings (SSSR count). The Bertz CT molecular complexity index is 705. The minimum absolute atomic E-state index is 0.775. The van der Waals surface area contributed by atoms with Gasteiger partial charge in [-0.2, -0.15) is 9.61 Å². The van der Waals surface area contributed by atoms with Crippen LogP contribution in [0.5, 0.6) is 0 Å². The maximum absolute atomic E-state index is 4.56. The molecule has 0 aliphatic heterocycles. The van der Waals surface area contributed by atoms with Gasteiger partial charge in [0.1, 0.15) is 0 Å². The van der Waals surface area contributed by atoms with Gasteiger partial charge in [-0.1, -0.05) is 12.1 Å². The van der Waals surface area contributed by atoms with Gasteiger partial charge in [-0.05, 0) is 37.4 Å². The normalized spacial score (nSPS) is 11.0. The van der Waals surface area contributed by atoms with Crippen LogP contribution in [0.1, 0.15) is 5.82 Å². The van der Waals surface area contributed by atoms with Gasteiger partial charge in [0.15, 0.2) is 11.5 Å². The Hall–Kier alpha value is -1.88. The average Bonchev–Trinajstić information content (AvgIpc) is 2.80. The van der Waals surface area contributed by atoms with Gasteiger partial charge in [-0.3, -0.25) is 0 Å². The number of hydrogen-bond acceptors (Lipinski definition) is 4. The lowest BCUT2D eigenvalue weighted by atomic mass is 10.1. The minimum Gasteiger partial charge on any atom is -0.197 e. The highest BCUT2D eigenvalue weighted by atomic mass is 32.2. The first kappa shape index (κ1) is 11.2. The Labute approximate surface area is 109 Å². The number of aromatic nitrogens is 4. The lowest BCUT2D eigenvalue weighted by Gasteiger charge is -2.03. The van der Waals surface area contributed by atoms with E-state index in [9.17, 15) is 0 Å². The molecule has 0 aliphatic carbocycles. The molecule has 0 radical (unpaired) electrons. The molecule has 2 aromatic heterocycles. The van der Waals surface area contributed by atoms with E-state index in [-0.39, 0.29) is 0 Å². The van der Waals surface area contributed by atoms with Gasteiger partial charge in [0.05, 0.1) is 5.69 Å². The SMILES string of the molecule is CSc1cccc(-c2ccc3nnc(C)n3n2)c1. The van der Waals surface area contributed by atoms with Crippen molar-refractivity contribution in [2.45, 2.75) is 11.8 Å². The molecule has 5 heteroatoms. The first-order chi connectivity index (χ1) is 8.78. The third-order valence-corrected chi connectivity index (χ3v) is 3.51. The molecule has 0 aliphatic rings. The fraction of sp³-hybridized carbons (Fsp3) is 0.154. The van der Waals surface area contributed by atoms with Crippen LogP contribution in [0.15, 0.2) is 41.3 Å². The monoisotopic (exact) mass is 256 g/mol. The smallest absolute Gasteiger partial charge is 0.177 e. The van der Waals surface area contributed by atoms with Gasteiger partial charge in [-0.25, -0.2) is 0 Å². The number of fused-ring (bicyclic) bond motifs is 1. The minimum atomic E-state index is 0.775. The molecule has 0 amide bonds. The highest BCUT2D eigenvalue weighted by Crippen LogP contribution is 2.23. The maximum Gasteiger partial charge on any atom is 0.177 e. The molecule has 1 aromatic carbocycles. The topological polar surface area (TPSA) is 43.1 Å². The summed E-state index contributed by atoms with van der Waals surface area (Å²) in [7, 11) is 0. The first-order valence-corrected chi connectivity index (χ1v) is 6.84. The van der Waals surface area contributed by atoms with Gasteiger partial charge < -0.3 is 0 Å². The summed E-state index contributed by atoms with van der Waals surface area (Å²) in [5, 5.41) is 12.6. The molecular formula is C13H12N4S. The molecule has 3 aromatic rings. The second-order valence-electron chi connectivity index (χ2n) is 3.97. The van der Waals surface area contributed by atoms with E-state index in [0.29, 0.717) is 0 Å². The molecule has 0 unspecified atom stereocenters. The van der Waals surface area contributed by atoms with Crippen LogP contribution in [0.25, 0.3) is 16.9 Å². The van der Waals surface area contributed by atoms with Gasteiger partial charge in [0.25, 0.3) is 0 Å². The van der Waals surface area contributed by atoms with Crippen molar-refractivity contribution in [3.8, 4) is 11.3 Å². The van der Waals surface area contributed by atoms with Crippen LogP contribution in [0, 0.1) is 6.92 Å². The molecule has 18 heavy (non-hydrogen) atoms. The van der Waals surface area contributed by atoms with Gasteiger partial charge >= 0.3 is 0 Å². The number of benzene rings is 1. The van der Waals surface area contributed by atoms with Crippen LogP contribution >= 0.6 is 11.8 Å². The lowest BCUT2D eigenvalue weighted by Crippen LogP contribution is -1.96. The van der Waals surface area contributed by atoms with Crippen LogP contribution in [0.3, 0.4) is 0 Å². The summed E-state index contributed by atoms with van der Waals surface area (Å²) >= 11 is 1.73. The van der Waals surface area contributed by atoms with E-state index in [2.05, 4.69) is 39.8 Å². The summed E-state index contributed by atoms with van der Waals surface area (Å²) in [6.07, 6.45) is 2.07. The molecule has 2 heterocycles. The highest BCUT2D eigenvalue weighted by Gasteiger charge is 2.05. The van der Waals surface area contributed by atoms with Crippen LogP contribution in [-0.4, -0.2) is 26.1 Å². The molecule has 0 bridgehead atoms. The molecule has 0 fully saturated rings. The summed E-state index contributed by atoms with van der Waals surface area (Å²) in [5.41, 5.74) is 2.82. The fourth-order valence-electron chi connectivity index (χ4n) is 1.83. The maximum atomic E-state index is 4.56. The molecule has 0 atom stereocenters. The standard InChI is InChI=1S/C13H12N4S/c1-9-14-15-13-7-6-12(16-17(9)13)10-4-3-5-11(8-10)18-2/h3-8H,1-2H3. The number of thioether (sulfide) groups is 1. The molecule has 0 saturated carbocycles. The molecule has 90 valence electrons. The molecule has 4 nitrogen and oxygen atoms in total. The van der Waals surface area contributed by atoms with Gasteiger partial charge in [0.2, 0.25) is 0 Å². The van der Waals surface area contributed by atoms with Gasteiger partial charge in [-0.15, -0.1) is 22.0 Å². The third kappa shape index (κ3) is 1.86. The van der Waals surface area contributed by atoms with E-state index in [1.165, 1.54) is 4.90 Å². The summed E-state index contributed by atoms with van der Waals surface area (Å²) in [5.74, 6) is 0.799. The van der Waals surface area contributed by atoms with Crippen LogP contribution in [-0.2, 0) is 0 Å². The van der Waals surface area contributed by atoms with Gasteiger partial charge in [0, 0.05) is 10.5 Å². The van der Waals surface area contributed by atoms with Crippen molar-refractivity contribution < 1.29 is 0 Å². The Morgan fingerprint density at radius 1 is 1.11 bits per heavy atom. The second kappa shape index (κ2) is 4.42. The summed E-state index contributed by atoms with van der Waals surface area (Å²) in [4.78, 5) is 1.23. The predicted octanol–water partition coefficient (Wildman–Crippen LogP) is 2.82. The second-order valence-corrected chi connectivity index (χ2v) is 4.85. The van der Waals surface area contributed by atoms with E-state index in [1.807, 2.05) is 25.1 Å². The Morgan fingerprint density at radius 3 is 2.83 bits per heavy atom. The number of rotatable bonds is 2. The molecule has 0 saturated heterocycles. The van der Waals surface area contributed by atoms with E-state index >= 15 is 0 Å². The zero-order valence-electron chi connectivity index (χ0n) is 10.2. The Balaban J connectivity index is 2.15.